The van der Waals surface area contributed by atoms with Gasteiger partial charge in [-0.25, -0.2) is 0 Å². The van der Waals surface area contributed by atoms with Gasteiger partial charge in [0.05, 0.1) is 5.92 Å². The number of carbonyl (C=O) groups is 3. The molecule has 2 N–H and O–H groups in total. The number of hydrogen-bond acceptors (Lipinski definition) is 4. The average molecular weight is 369 g/mol. The summed E-state index contributed by atoms with van der Waals surface area (Å²) in [4.78, 5) is 38.7. The molecule has 1 saturated heterocycles. The van der Waals surface area contributed by atoms with Crippen molar-refractivity contribution in [3.63, 3.8) is 0 Å². The zero-order valence-corrected chi connectivity index (χ0v) is 14.9. The number of nitrogens with one attached hydrogen (secondary N) is 2. The highest BCUT2D eigenvalue weighted by molar-refractivity contribution is 7.10. The van der Waals surface area contributed by atoms with Gasteiger partial charge in [-0.1, -0.05) is 36.4 Å². The molecule has 0 spiro atoms. The molecule has 1 aromatic heterocycles. The maximum atomic E-state index is 12.2. The van der Waals surface area contributed by atoms with Crippen LogP contribution in [0.5, 0.6) is 0 Å². The van der Waals surface area contributed by atoms with Crippen LogP contribution in [0.1, 0.15) is 16.9 Å². The quantitative estimate of drug-likeness (QED) is 0.625. The first kappa shape index (κ1) is 17.9. The molecule has 7 heteroatoms. The Morgan fingerprint density at radius 1 is 1.15 bits per heavy atom. The van der Waals surface area contributed by atoms with Crippen LogP contribution < -0.4 is 10.9 Å². The van der Waals surface area contributed by atoms with E-state index in [9.17, 15) is 14.4 Å². The molecule has 0 aliphatic carbocycles. The van der Waals surface area contributed by atoms with E-state index in [0.29, 0.717) is 13.1 Å². The molecule has 1 aliphatic rings. The third-order valence-electron chi connectivity index (χ3n) is 4.05. The summed E-state index contributed by atoms with van der Waals surface area (Å²) in [7, 11) is 0. The van der Waals surface area contributed by atoms with Crippen LogP contribution in [0.4, 0.5) is 0 Å². The van der Waals surface area contributed by atoms with Gasteiger partial charge < -0.3 is 4.90 Å². The number of carbonyl (C=O) groups excluding carboxylic acids is 3. The predicted molar refractivity (Wildman–Crippen MR) is 99.6 cm³/mol. The maximum Gasteiger partial charge on any atom is 0.262 e. The Bertz CT molecular complexity index is 803. The van der Waals surface area contributed by atoms with Crippen molar-refractivity contribution in [3.05, 3.63) is 64.4 Å². The second-order valence-corrected chi connectivity index (χ2v) is 6.97. The standard InChI is InChI=1S/C19H19N3O3S/c23-17(9-8-16-7-4-10-26-16)20-21-19(25)15-11-18(24)22(13-15)12-14-5-2-1-3-6-14/h1-10,15H,11-13H2,(H,20,23)(H,21,25)/b9-8+. The van der Waals surface area contributed by atoms with Crippen LogP contribution in [0.3, 0.4) is 0 Å². The summed E-state index contributed by atoms with van der Waals surface area (Å²) in [6.07, 6.45) is 3.18. The van der Waals surface area contributed by atoms with E-state index in [2.05, 4.69) is 10.9 Å². The normalized spacial score (nSPS) is 16.8. The highest BCUT2D eigenvalue weighted by atomic mass is 32.1. The molecule has 1 unspecified atom stereocenters. The molecule has 1 aliphatic heterocycles. The van der Waals surface area contributed by atoms with E-state index in [-0.39, 0.29) is 18.2 Å². The highest BCUT2D eigenvalue weighted by Gasteiger charge is 2.34. The first-order chi connectivity index (χ1) is 12.6. The van der Waals surface area contributed by atoms with Gasteiger partial charge in [0.1, 0.15) is 0 Å². The van der Waals surface area contributed by atoms with Crippen molar-refractivity contribution in [3.8, 4) is 0 Å². The lowest BCUT2D eigenvalue weighted by molar-refractivity contribution is -0.130. The Kier molecular flexibility index (Phi) is 5.80. The Morgan fingerprint density at radius 2 is 1.96 bits per heavy atom. The van der Waals surface area contributed by atoms with Crippen LogP contribution in [0, 0.1) is 5.92 Å². The minimum atomic E-state index is -0.465. The molecule has 1 fully saturated rings. The minimum Gasteiger partial charge on any atom is -0.338 e. The summed E-state index contributed by atoms with van der Waals surface area (Å²) in [6.45, 7) is 0.833. The minimum absolute atomic E-state index is 0.0575. The second-order valence-electron chi connectivity index (χ2n) is 5.99. The van der Waals surface area contributed by atoms with Crippen LogP contribution in [0.15, 0.2) is 53.9 Å². The van der Waals surface area contributed by atoms with Crippen molar-refractivity contribution in [2.45, 2.75) is 13.0 Å². The number of hydrazine groups is 1. The molecule has 2 heterocycles. The molecule has 3 rings (SSSR count). The van der Waals surface area contributed by atoms with Crippen molar-refractivity contribution in [2.24, 2.45) is 5.92 Å². The first-order valence-electron chi connectivity index (χ1n) is 8.25. The van der Waals surface area contributed by atoms with E-state index in [1.165, 1.54) is 17.4 Å². The van der Waals surface area contributed by atoms with Crippen molar-refractivity contribution in [1.82, 2.24) is 15.8 Å². The second kappa shape index (κ2) is 8.44. The van der Waals surface area contributed by atoms with E-state index in [0.717, 1.165) is 10.4 Å². The van der Waals surface area contributed by atoms with Gasteiger partial charge in [0, 0.05) is 30.5 Å². The van der Waals surface area contributed by atoms with Gasteiger partial charge in [-0.05, 0) is 23.1 Å². The summed E-state index contributed by atoms with van der Waals surface area (Å²) in [5.41, 5.74) is 5.77. The first-order valence-corrected chi connectivity index (χ1v) is 9.13. The van der Waals surface area contributed by atoms with Gasteiger partial charge in [-0.3, -0.25) is 25.2 Å². The number of thiophene rings is 1. The van der Waals surface area contributed by atoms with E-state index in [1.807, 2.05) is 47.8 Å². The van der Waals surface area contributed by atoms with E-state index < -0.39 is 11.8 Å². The Hall–Kier alpha value is -2.93. The average Bonchev–Trinajstić information content (AvgIpc) is 3.29. The molecule has 0 bridgehead atoms. The van der Waals surface area contributed by atoms with Crippen LogP contribution in [-0.4, -0.2) is 29.2 Å². The molecule has 0 saturated carbocycles. The molecule has 6 nitrogen and oxygen atoms in total. The summed E-state index contributed by atoms with van der Waals surface area (Å²) < 4.78 is 0. The third-order valence-corrected chi connectivity index (χ3v) is 4.89. The zero-order valence-electron chi connectivity index (χ0n) is 14.1. The fourth-order valence-corrected chi connectivity index (χ4v) is 3.33. The lowest BCUT2D eigenvalue weighted by Crippen LogP contribution is -2.44. The predicted octanol–water partition coefficient (Wildman–Crippen LogP) is 1.96. The maximum absolute atomic E-state index is 12.2. The van der Waals surface area contributed by atoms with Crippen molar-refractivity contribution in [1.29, 1.82) is 0 Å². The zero-order chi connectivity index (χ0) is 18.4. The van der Waals surface area contributed by atoms with Crippen molar-refractivity contribution < 1.29 is 14.4 Å². The smallest absolute Gasteiger partial charge is 0.262 e. The number of benzene rings is 1. The highest BCUT2D eigenvalue weighted by Crippen LogP contribution is 2.20. The lowest BCUT2D eigenvalue weighted by atomic mass is 10.1. The molecule has 1 aromatic carbocycles. The largest absolute Gasteiger partial charge is 0.338 e. The molecule has 26 heavy (non-hydrogen) atoms. The van der Waals surface area contributed by atoms with E-state index >= 15 is 0 Å². The molecule has 2 aromatic rings. The number of hydrogen-bond donors (Lipinski definition) is 2. The molecule has 3 amide bonds. The lowest BCUT2D eigenvalue weighted by Gasteiger charge is -2.16. The monoisotopic (exact) mass is 369 g/mol. The number of rotatable bonds is 5. The molecule has 134 valence electrons. The summed E-state index contributed by atoms with van der Waals surface area (Å²) in [5, 5.41) is 1.91. The van der Waals surface area contributed by atoms with Gasteiger partial charge in [0.25, 0.3) is 5.91 Å². The van der Waals surface area contributed by atoms with Gasteiger partial charge in [-0.15, -0.1) is 11.3 Å². The molecule has 0 radical (unpaired) electrons. The topological polar surface area (TPSA) is 78.5 Å². The van der Waals surface area contributed by atoms with Crippen molar-refractivity contribution >= 4 is 35.1 Å². The SMILES string of the molecule is O=C(/C=C/c1cccs1)NNC(=O)C1CC(=O)N(Cc2ccccc2)C1. The van der Waals surface area contributed by atoms with Gasteiger partial charge in [0.15, 0.2) is 0 Å². The van der Waals surface area contributed by atoms with E-state index in [1.54, 1.807) is 11.0 Å². The van der Waals surface area contributed by atoms with Crippen LogP contribution >= 0.6 is 11.3 Å². The fraction of sp³-hybridized carbons (Fsp3) is 0.211. The van der Waals surface area contributed by atoms with Gasteiger partial charge >= 0.3 is 0 Å². The summed E-state index contributed by atoms with van der Waals surface area (Å²) >= 11 is 1.51. The summed E-state index contributed by atoms with van der Waals surface area (Å²) in [5.74, 6) is -1.30. The third kappa shape index (κ3) is 4.80. The number of amides is 3. The van der Waals surface area contributed by atoms with Crippen molar-refractivity contribution in [2.75, 3.05) is 6.54 Å². The molecule has 1 atom stereocenters. The van der Waals surface area contributed by atoms with Gasteiger partial charge in [-0.2, -0.15) is 0 Å². The molecular weight excluding hydrogens is 350 g/mol. The van der Waals surface area contributed by atoms with E-state index in [4.69, 9.17) is 0 Å². The Labute approximate surface area is 155 Å². The fourth-order valence-electron chi connectivity index (χ4n) is 2.72. The Balaban J connectivity index is 1.46. The van der Waals surface area contributed by atoms with Gasteiger partial charge in [0.2, 0.25) is 11.8 Å². The van der Waals surface area contributed by atoms with Crippen LogP contribution in [0.2, 0.25) is 0 Å². The van der Waals surface area contributed by atoms with Crippen LogP contribution in [-0.2, 0) is 20.9 Å². The number of likely N-dealkylation sites (tertiary alicyclic amines) is 1. The molecular formula is C19H19N3O3S. The number of nitrogens with zero attached hydrogens (tertiary/aromatic N) is 1. The summed E-state index contributed by atoms with van der Waals surface area (Å²) in [6, 6.07) is 13.4. The Morgan fingerprint density at radius 3 is 2.69 bits per heavy atom. The van der Waals surface area contributed by atoms with Crippen LogP contribution in [0.25, 0.3) is 6.08 Å².